The predicted molar refractivity (Wildman–Crippen MR) is 60.8 cm³/mol. The van der Waals surface area contributed by atoms with Gasteiger partial charge in [-0.05, 0) is 12.1 Å². The molecule has 0 saturated carbocycles. The van der Waals surface area contributed by atoms with Crippen LogP contribution in [0.5, 0.6) is 5.75 Å². The van der Waals surface area contributed by atoms with E-state index in [-0.39, 0.29) is 11.4 Å². The Labute approximate surface area is 102 Å². The van der Waals surface area contributed by atoms with Crippen LogP contribution in [-0.4, -0.2) is 19.8 Å². The van der Waals surface area contributed by atoms with Gasteiger partial charge in [-0.3, -0.25) is 5.43 Å². The largest absolute Gasteiger partial charge is 0.452 e. The first kappa shape index (κ1) is 13.8. The number of ether oxygens (including phenoxy) is 2. The van der Waals surface area contributed by atoms with E-state index in [9.17, 15) is 13.6 Å². The minimum atomic E-state index is -2.94. The zero-order valence-corrected chi connectivity index (χ0v) is 9.57. The summed E-state index contributed by atoms with van der Waals surface area (Å²) in [7, 11) is 1.19. The third kappa shape index (κ3) is 3.93. The number of rotatable bonds is 5. The highest BCUT2D eigenvalue weighted by molar-refractivity contribution is 5.71. The van der Waals surface area contributed by atoms with E-state index in [1.807, 2.05) is 0 Å². The normalized spacial score (nSPS) is 9.78. The van der Waals surface area contributed by atoms with Crippen molar-refractivity contribution in [3.8, 4) is 5.75 Å². The van der Waals surface area contributed by atoms with Crippen LogP contribution in [0.4, 0.5) is 13.6 Å². The maximum atomic E-state index is 12.2. The number of carbonyl (C=O) groups excluding carboxylic acids is 1. The Bertz CT molecular complexity index is 438. The van der Waals surface area contributed by atoms with Gasteiger partial charge in [-0.1, -0.05) is 18.7 Å². The number of alkyl halides is 2. The lowest BCUT2D eigenvalue weighted by atomic mass is 10.1. The average molecular weight is 258 g/mol. The maximum absolute atomic E-state index is 12.2. The Morgan fingerprint density at radius 2 is 2.00 bits per heavy atom. The van der Waals surface area contributed by atoms with Crippen LogP contribution in [0, 0.1) is 0 Å². The van der Waals surface area contributed by atoms with E-state index >= 15 is 0 Å². The van der Waals surface area contributed by atoms with Crippen molar-refractivity contribution in [2.45, 2.75) is 6.61 Å². The molecule has 18 heavy (non-hydrogen) atoms. The number of amides is 1. The van der Waals surface area contributed by atoms with Crippen LogP contribution in [0.2, 0.25) is 0 Å². The summed E-state index contributed by atoms with van der Waals surface area (Å²) in [5.41, 5.74) is 5.07. The zero-order valence-electron chi connectivity index (χ0n) is 9.57. The summed E-state index contributed by atoms with van der Waals surface area (Å²) in [5, 5.41) is 0. The van der Waals surface area contributed by atoms with Crippen molar-refractivity contribution in [3.05, 3.63) is 36.4 Å². The minimum absolute atomic E-state index is 0.0448. The molecule has 0 fully saturated rings. The molecule has 98 valence electrons. The first-order valence-electron chi connectivity index (χ1n) is 4.87. The lowest BCUT2D eigenvalue weighted by molar-refractivity contribution is -0.0500. The van der Waals surface area contributed by atoms with Gasteiger partial charge in [0.2, 0.25) is 0 Å². The lowest BCUT2D eigenvalue weighted by Gasteiger charge is -2.14. The Morgan fingerprint density at radius 3 is 2.61 bits per heavy atom. The van der Waals surface area contributed by atoms with Crippen LogP contribution in [0.25, 0.3) is 5.70 Å². The summed E-state index contributed by atoms with van der Waals surface area (Å²) in [6.07, 6.45) is -0.733. The standard InChI is InChI=1S/C11H12F2N2O3/c1-7(14-15-11(16)17-2)8-5-3-4-6-9(8)18-10(12)13/h3-6,10,14H,1H2,2H3,(H,15,16). The van der Waals surface area contributed by atoms with Crippen molar-refractivity contribution in [2.75, 3.05) is 7.11 Å². The molecule has 0 unspecified atom stereocenters. The summed E-state index contributed by atoms with van der Waals surface area (Å²) in [5.74, 6) is -0.0448. The van der Waals surface area contributed by atoms with Crippen molar-refractivity contribution in [3.63, 3.8) is 0 Å². The summed E-state index contributed by atoms with van der Waals surface area (Å²) in [6, 6.07) is 6.05. The van der Waals surface area contributed by atoms with Gasteiger partial charge in [0.25, 0.3) is 0 Å². The average Bonchev–Trinajstić information content (AvgIpc) is 2.35. The molecule has 1 aromatic carbocycles. The van der Waals surface area contributed by atoms with Gasteiger partial charge in [0.15, 0.2) is 0 Å². The molecule has 0 radical (unpaired) electrons. The second kappa shape index (κ2) is 6.43. The van der Waals surface area contributed by atoms with Crippen LogP contribution < -0.4 is 15.6 Å². The smallest absolute Gasteiger partial charge is 0.425 e. The summed E-state index contributed by atoms with van der Waals surface area (Å²) in [6.45, 7) is 0.655. The van der Waals surface area contributed by atoms with Gasteiger partial charge < -0.3 is 9.47 Å². The molecule has 2 N–H and O–H groups in total. The van der Waals surface area contributed by atoms with Gasteiger partial charge in [0.05, 0.1) is 12.8 Å². The number of hydrogen-bond acceptors (Lipinski definition) is 4. The minimum Gasteiger partial charge on any atom is -0.452 e. The van der Waals surface area contributed by atoms with Gasteiger partial charge >= 0.3 is 12.7 Å². The fraction of sp³-hybridized carbons (Fsp3) is 0.182. The van der Waals surface area contributed by atoms with E-state index in [1.54, 1.807) is 12.1 Å². The molecule has 1 rings (SSSR count). The molecule has 0 aliphatic carbocycles. The molecular weight excluding hydrogens is 246 g/mol. The van der Waals surface area contributed by atoms with Crippen molar-refractivity contribution < 1.29 is 23.0 Å². The first-order chi connectivity index (χ1) is 8.54. The maximum Gasteiger partial charge on any atom is 0.425 e. The number of para-hydroxylation sites is 1. The van der Waals surface area contributed by atoms with Crippen LogP contribution in [0.1, 0.15) is 5.56 Å². The molecule has 0 saturated heterocycles. The fourth-order valence-corrected chi connectivity index (χ4v) is 1.16. The second-order valence-electron chi connectivity index (χ2n) is 3.09. The van der Waals surface area contributed by atoms with Crippen LogP contribution in [0.3, 0.4) is 0 Å². The Morgan fingerprint density at radius 1 is 1.33 bits per heavy atom. The number of benzene rings is 1. The Hall–Kier alpha value is -2.31. The zero-order chi connectivity index (χ0) is 13.5. The number of hydrogen-bond donors (Lipinski definition) is 2. The van der Waals surface area contributed by atoms with Crippen LogP contribution >= 0.6 is 0 Å². The first-order valence-corrected chi connectivity index (χ1v) is 4.87. The topological polar surface area (TPSA) is 59.6 Å². The van der Waals surface area contributed by atoms with Crippen molar-refractivity contribution in [1.29, 1.82) is 0 Å². The molecule has 5 nitrogen and oxygen atoms in total. The molecule has 0 aromatic heterocycles. The second-order valence-corrected chi connectivity index (χ2v) is 3.09. The third-order valence-corrected chi connectivity index (χ3v) is 1.93. The summed E-state index contributed by atoms with van der Waals surface area (Å²) < 4.78 is 33.0. The third-order valence-electron chi connectivity index (χ3n) is 1.93. The Balaban J connectivity index is 2.75. The lowest BCUT2D eigenvalue weighted by Crippen LogP contribution is -2.35. The molecule has 1 amide bonds. The Kier molecular flexibility index (Phi) is 4.91. The summed E-state index contributed by atoms with van der Waals surface area (Å²) >= 11 is 0. The molecule has 0 aliphatic heterocycles. The quantitative estimate of drug-likeness (QED) is 0.794. The highest BCUT2D eigenvalue weighted by Crippen LogP contribution is 2.24. The molecule has 1 aromatic rings. The van der Waals surface area contributed by atoms with E-state index in [1.165, 1.54) is 19.2 Å². The molecule has 7 heteroatoms. The van der Waals surface area contributed by atoms with E-state index in [2.05, 4.69) is 26.9 Å². The molecule has 0 spiro atoms. The fourth-order valence-electron chi connectivity index (χ4n) is 1.16. The number of hydrazine groups is 1. The highest BCUT2D eigenvalue weighted by Gasteiger charge is 2.11. The SMILES string of the molecule is C=C(NNC(=O)OC)c1ccccc1OC(F)F. The predicted octanol–water partition coefficient (Wildman–Crippen LogP) is 2.12. The van der Waals surface area contributed by atoms with Crippen LogP contribution in [-0.2, 0) is 4.74 Å². The molecule has 0 aliphatic rings. The molecule has 0 heterocycles. The van der Waals surface area contributed by atoms with Crippen molar-refractivity contribution >= 4 is 11.8 Å². The van der Waals surface area contributed by atoms with E-state index in [4.69, 9.17) is 0 Å². The van der Waals surface area contributed by atoms with Gasteiger partial charge in [-0.15, -0.1) is 0 Å². The van der Waals surface area contributed by atoms with Gasteiger partial charge in [0, 0.05) is 5.56 Å². The van der Waals surface area contributed by atoms with Crippen LogP contribution in [0.15, 0.2) is 30.8 Å². The summed E-state index contributed by atoms with van der Waals surface area (Å²) in [4.78, 5) is 10.8. The number of halogens is 2. The van der Waals surface area contributed by atoms with E-state index in [0.717, 1.165) is 0 Å². The monoisotopic (exact) mass is 258 g/mol. The van der Waals surface area contributed by atoms with Gasteiger partial charge in [-0.2, -0.15) is 8.78 Å². The van der Waals surface area contributed by atoms with Gasteiger partial charge in [0.1, 0.15) is 5.75 Å². The van der Waals surface area contributed by atoms with E-state index in [0.29, 0.717) is 5.56 Å². The van der Waals surface area contributed by atoms with E-state index < -0.39 is 12.7 Å². The molecular formula is C11H12F2N2O3. The van der Waals surface area contributed by atoms with Gasteiger partial charge in [-0.25, -0.2) is 10.2 Å². The van der Waals surface area contributed by atoms with Crippen molar-refractivity contribution in [1.82, 2.24) is 10.9 Å². The van der Waals surface area contributed by atoms with Crippen molar-refractivity contribution in [2.24, 2.45) is 0 Å². The molecule has 0 atom stereocenters. The number of nitrogens with one attached hydrogen (secondary N) is 2. The number of methoxy groups -OCH3 is 1. The molecule has 0 bridgehead atoms. The highest BCUT2D eigenvalue weighted by atomic mass is 19.3. The number of carbonyl (C=O) groups is 1.